The predicted octanol–water partition coefficient (Wildman–Crippen LogP) is 2.67. The first-order valence-electron chi connectivity index (χ1n) is 11.7. The van der Waals surface area contributed by atoms with Crippen molar-refractivity contribution in [2.24, 2.45) is 28.9 Å². The largest absolute Gasteiger partial charge is 0.364 e. The number of nitrogens with zero attached hydrogens (tertiary/aromatic N) is 3. The summed E-state index contributed by atoms with van der Waals surface area (Å²) < 4.78 is 2.03. The summed E-state index contributed by atoms with van der Waals surface area (Å²) in [5.41, 5.74) is 9.19. The molecule has 2 fully saturated rings. The van der Waals surface area contributed by atoms with Crippen LogP contribution < -0.4 is 11.1 Å². The highest BCUT2D eigenvalue weighted by Crippen LogP contribution is 2.42. The van der Waals surface area contributed by atoms with Gasteiger partial charge in [-0.25, -0.2) is 4.98 Å². The number of aromatic nitrogens is 2. The molecule has 33 heavy (non-hydrogen) atoms. The van der Waals surface area contributed by atoms with Crippen molar-refractivity contribution in [3.63, 3.8) is 0 Å². The topological polar surface area (TPSA) is 110 Å². The van der Waals surface area contributed by atoms with Gasteiger partial charge in [-0.3, -0.25) is 14.4 Å². The van der Waals surface area contributed by atoms with E-state index in [1.54, 1.807) is 13.1 Å². The molecule has 1 saturated heterocycles. The van der Waals surface area contributed by atoms with Gasteiger partial charge < -0.3 is 20.5 Å². The fourth-order valence-electron chi connectivity index (χ4n) is 6.02. The highest BCUT2D eigenvalue weighted by atomic mass is 16.2. The smallest absolute Gasteiger partial charge is 0.265 e. The number of nitrogens with one attached hydrogen (secondary N) is 1. The van der Waals surface area contributed by atoms with E-state index in [4.69, 9.17) is 5.73 Å². The monoisotopic (exact) mass is 449 g/mol. The summed E-state index contributed by atoms with van der Waals surface area (Å²) >= 11 is 0. The van der Waals surface area contributed by atoms with Crippen LogP contribution in [-0.2, 0) is 22.6 Å². The third-order valence-corrected chi connectivity index (χ3v) is 7.58. The lowest BCUT2D eigenvalue weighted by Gasteiger charge is -2.17. The summed E-state index contributed by atoms with van der Waals surface area (Å²) in [5, 5.41) is 3.00. The van der Waals surface area contributed by atoms with Crippen LogP contribution in [0.5, 0.6) is 0 Å². The molecule has 3 N–H and O–H groups in total. The molecular formula is C25H31N5O3. The lowest BCUT2D eigenvalue weighted by Crippen LogP contribution is -2.29. The molecule has 5 rings (SSSR count). The third-order valence-electron chi connectivity index (χ3n) is 7.58. The average Bonchev–Trinajstić information content (AvgIpc) is 3.45. The number of carbonyl (C=O) groups excluding carboxylic acids is 3. The van der Waals surface area contributed by atoms with Crippen LogP contribution in [0.1, 0.15) is 49.8 Å². The van der Waals surface area contributed by atoms with E-state index in [0.29, 0.717) is 23.3 Å². The van der Waals surface area contributed by atoms with Crippen LogP contribution in [0.4, 0.5) is 5.82 Å². The predicted molar refractivity (Wildman–Crippen MR) is 124 cm³/mol. The molecule has 0 bridgehead atoms. The van der Waals surface area contributed by atoms with E-state index in [-0.39, 0.29) is 23.1 Å². The molecule has 1 unspecified atom stereocenters. The molecule has 8 nitrogen and oxygen atoms in total. The number of fused-ring (bicyclic) bond motifs is 2. The molecule has 8 heteroatoms. The maximum Gasteiger partial charge on any atom is 0.265 e. The van der Waals surface area contributed by atoms with Gasteiger partial charge in [-0.1, -0.05) is 13.8 Å². The Hall–Kier alpha value is -3.16. The van der Waals surface area contributed by atoms with Gasteiger partial charge in [0.05, 0.1) is 0 Å². The molecule has 4 heterocycles. The van der Waals surface area contributed by atoms with Crippen LogP contribution in [0.3, 0.4) is 0 Å². The summed E-state index contributed by atoms with van der Waals surface area (Å²) in [4.78, 5) is 42.9. The number of rotatable bonds is 4. The van der Waals surface area contributed by atoms with Gasteiger partial charge in [0.1, 0.15) is 11.5 Å². The highest BCUT2D eigenvalue weighted by molar-refractivity contribution is 5.95. The second kappa shape index (κ2) is 7.71. The summed E-state index contributed by atoms with van der Waals surface area (Å²) in [5.74, 6) is 0.944. The summed E-state index contributed by atoms with van der Waals surface area (Å²) in [6, 6.07) is 5.63. The van der Waals surface area contributed by atoms with Crippen molar-refractivity contribution in [3.05, 3.63) is 35.8 Å². The van der Waals surface area contributed by atoms with E-state index in [1.165, 1.54) is 0 Å². The molecular weight excluding hydrogens is 418 g/mol. The van der Waals surface area contributed by atoms with Gasteiger partial charge in [0.15, 0.2) is 0 Å². The lowest BCUT2D eigenvalue weighted by atomic mass is 9.89. The first-order chi connectivity index (χ1) is 15.6. The molecule has 2 aromatic rings. The molecule has 2 aromatic heterocycles. The molecule has 174 valence electrons. The Morgan fingerprint density at radius 3 is 2.48 bits per heavy atom. The van der Waals surface area contributed by atoms with E-state index in [2.05, 4.69) is 24.1 Å². The minimum absolute atomic E-state index is 0.00973. The maximum atomic E-state index is 13.0. The molecule has 3 amide bonds. The second-order valence-corrected chi connectivity index (χ2v) is 10.7. The summed E-state index contributed by atoms with van der Waals surface area (Å²) in [6.07, 6.45) is 4.16. The first kappa shape index (κ1) is 21.7. The fraction of sp³-hybridized carbons (Fsp3) is 0.520. The van der Waals surface area contributed by atoms with Crippen LogP contribution in [0.2, 0.25) is 0 Å². The van der Waals surface area contributed by atoms with Crippen LogP contribution in [0, 0.1) is 23.2 Å². The normalized spacial score (nSPS) is 25.1. The van der Waals surface area contributed by atoms with Crippen LogP contribution >= 0.6 is 0 Å². The Morgan fingerprint density at radius 1 is 1.15 bits per heavy atom. The van der Waals surface area contributed by atoms with Gasteiger partial charge in [-0.2, -0.15) is 0 Å². The van der Waals surface area contributed by atoms with E-state index in [9.17, 15) is 14.4 Å². The molecule has 3 aliphatic rings. The minimum atomic E-state index is -0.432. The Bertz CT molecular complexity index is 1140. The number of amides is 3. The molecule has 0 spiro atoms. The number of hydrogen-bond acceptors (Lipinski definition) is 4. The Balaban J connectivity index is 1.32. The Labute approximate surface area is 193 Å². The number of likely N-dealkylation sites (tertiary alicyclic amines) is 1. The fourth-order valence-corrected chi connectivity index (χ4v) is 6.02. The zero-order chi connectivity index (χ0) is 23.5. The summed E-state index contributed by atoms with van der Waals surface area (Å²) in [7, 11) is 0. The molecule has 2 aliphatic heterocycles. The van der Waals surface area contributed by atoms with Gasteiger partial charge in [0.25, 0.3) is 5.91 Å². The van der Waals surface area contributed by atoms with Crippen molar-refractivity contribution >= 4 is 23.5 Å². The number of pyridine rings is 1. The molecule has 1 aliphatic carbocycles. The lowest BCUT2D eigenvalue weighted by molar-refractivity contribution is -0.128. The second-order valence-electron chi connectivity index (χ2n) is 10.7. The van der Waals surface area contributed by atoms with Crippen LogP contribution in [-0.4, -0.2) is 45.3 Å². The average molecular weight is 450 g/mol. The number of anilines is 1. The van der Waals surface area contributed by atoms with Crippen molar-refractivity contribution < 1.29 is 14.4 Å². The minimum Gasteiger partial charge on any atom is -0.364 e. The van der Waals surface area contributed by atoms with Crippen LogP contribution in [0.25, 0.3) is 11.1 Å². The van der Waals surface area contributed by atoms with Gasteiger partial charge in [0, 0.05) is 49.9 Å². The first-order valence-corrected chi connectivity index (χ1v) is 11.7. The molecule has 3 atom stereocenters. The Morgan fingerprint density at radius 2 is 1.85 bits per heavy atom. The number of primary amides is 1. The quantitative estimate of drug-likeness (QED) is 0.748. The standard InChI is InChI=1S/C25H31N5O3/c1-14(31)29-11-17-6-16(7-18(17)12-29)24(33)28-22-8-15(4-5-27-22)19-9-20(23(26)32)30-13-25(2,3)10-21(19)30/h4-5,8-9,16-18H,6-7,10-13H2,1-3H3,(H2,26,32)(H,27,28,33)/t16-,17+,18?/m1/s1. The molecule has 0 radical (unpaired) electrons. The zero-order valence-electron chi connectivity index (χ0n) is 19.4. The van der Waals surface area contributed by atoms with Crippen molar-refractivity contribution in [3.8, 4) is 11.1 Å². The maximum absolute atomic E-state index is 13.0. The number of carbonyl (C=O) groups is 3. The highest BCUT2D eigenvalue weighted by Gasteiger charge is 2.44. The number of nitrogens with two attached hydrogens (primary N) is 1. The van der Waals surface area contributed by atoms with Crippen molar-refractivity contribution in [2.45, 2.75) is 46.6 Å². The van der Waals surface area contributed by atoms with Gasteiger partial charge in [-0.05, 0) is 60.3 Å². The van der Waals surface area contributed by atoms with Gasteiger partial charge in [0.2, 0.25) is 11.8 Å². The third kappa shape index (κ3) is 3.92. The number of hydrogen-bond donors (Lipinski definition) is 2. The Kier molecular flexibility index (Phi) is 5.06. The molecule has 0 aromatic carbocycles. The van der Waals surface area contributed by atoms with Crippen molar-refractivity contribution in [2.75, 3.05) is 18.4 Å². The van der Waals surface area contributed by atoms with Gasteiger partial charge >= 0.3 is 0 Å². The van der Waals surface area contributed by atoms with E-state index in [1.807, 2.05) is 27.7 Å². The van der Waals surface area contributed by atoms with E-state index < -0.39 is 5.91 Å². The van der Waals surface area contributed by atoms with E-state index >= 15 is 0 Å². The van der Waals surface area contributed by atoms with Crippen LogP contribution in [0.15, 0.2) is 24.4 Å². The van der Waals surface area contributed by atoms with E-state index in [0.717, 1.165) is 55.7 Å². The molecule has 1 saturated carbocycles. The van der Waals surface area contributed by atoms with Crippen molar-refractivity contribution in [1.82, 2.24) is 14.5 Å². The SMILES string of the molecule is CC(=O)N1CC2C[C@H](C(=O)Nc3cc(-c4cc(C(N)=O)n5c4CC(C)(C)C5)ccn3)C[C@H]2C1. The summed E-state index contributed by atoms with van der Waals surface area (Å²) in [6.45, 7) is 8.24. The zero-order valence-corrected chi connectivity index (χ0v) is 19.4. The van der Waals surface area contributed by atoms with Gasteiger partial charge in [-0.15, -0.1) is 0 Å². The van der Waals surface area contributed by atoms with Crippen molar-refractivity contribution in [1.29, 1.82) is 0 Å².